The quantitative estimate of drug-likeness (QED) is 0.724. The Bertz CT molecular complexity index is 971. The Hall–Kier alpha value is -2.44. The molecule has 0 N–H and O–H groups in total. The Labute approximate surface area is 175 Å². The fraction of sp³-hybridized carbons (Fsp3) is 0.409. The van der Waals surface area contributed by atoms with Crippen molar-refractivity contribution < 1.29 is 14.3 Å². The zero-order chi connectivity index (χ0) is 21.0. The summed E-state index contributed by atoms with van der Waals surface area (Å²) in [7, 11) is 3.19. The van der Waals surface area contributed by atoms with Gasteiger partial charge in [0.1, 0.15) is 5.54 Å². The van der Waals surface area contributed by atoms with Crippen molar-refractivity contribution in [3.8, 4) is 0 Å². The van der Waals surface area contributed by atoms with Crippen LogP contribution >= 0.6 is 11.6 Å². The summed E-state index contributed by atoms with van der Waals surface area (Å²) >= 11 is 6.46. The highest BCUT2D eigenvalue weighted by atomic mass is 35.5. The normalized spacial score (nSPS) is 19.2. The van der Waals surface area contributed by atoms with Gasteiger partial charge in [0.15, 0.2) is 5.78 Å². The van der Waals surface area contributed by atoms with E-state index < -0.39 is 5.54 Å². The Balaban J connectivity index is 2.04. The number of aromatic nitrogens is 1. The summed E-state index contributed by atoms with van der Waals surface area (Å²) in [5.74, 6) is -0.341. The van der Waals surface area contributed by atoms with Crippen molar-refractivity contribution in [2.24, 2.45) is 0 Å². The molecule has 29 heavy (non-hydrogen) atoms. The number of hydrogen-bond donors (Lipinski definition) is 0. The van der Waals surface area contributed by atoms with Gasteiger partial charge in [0.25, 0.3) is 11.5 Å². The summed E-state index contributed by atoms with van der Waals surface area (Å²) in [5.41, 5.74) is -0.333. The highest BCUT2D eigenvalue weighted by molar-refractivity contribution is 6.31. The number of carbonyl (C=O) groups excluding carboxylic acids is 2. The van der Waals surface area contributed by atoms with Gasteiger partial charge in [0.05, 0.1) is 12.2 Å². The predicted octanol–water partition coefficient (Wildman–Crippen LogP) is 3.26. The minimum Gasteiger partial charge on any atom is -0.383 e. The van der Waals surface area contributed by atoms with E-state index in [1.54, 1.807) is 26.3 Å². The summed E-state index contributed by atoms with van der Waals surface area (Å²) in [6.07, 6.45) is 4.06. The molecule has 0 aliphatic heterocycles. The van der Waals surface area contributed by atoms with Crippen LogP contribution in [0.1, 0.15) is 41.6 Å². The highest BCUT2D eigenvalue weighted by Gasteiger charge is 2.48. The van der Waals surface area contributed by atoms with E-state index >= 15 is 0 Å². The number of benzene rings is 1. The van der Waals surface area contributed by atoms with Gasteiger partial charge in [0.2, 0.25) is 0 Å². The number of ether oxygens (including phenoxy) is 1. The van der Waals surface area contributed by atoms with Gasteiger partial charge in [-0.05, 0) is 31.4 Å². The lowest BCUT2D eigenvalue weighted by atomic mass is 9.74. The molecule has 1 fully saturated rings. The van der Waals surface area contributed by atoms with E-state index in [2.05, 4.69) is 0 Å². The van der Waals surface area contributed by atoms with Crippen LogP contribution in [0.4, 0.5) is 0 Å². The predicted molar refractivity (Wildman–Crippen MR) is 111 cm³/mol. The second-order valence-corrected chi connectivity index (χ2v) is 7.68. The largest absolute Gasteiger partial charge is 0.383 e. The number of pyridine rings is 1. The van der Waals surface area contributed by atoms with Crippen LogP contribution in [0.5, 0.6) is 0 Å². The van der Waals surface area contributed by atoms with E-state index in [1.165, 1.54) is 27.8 Å². The standard InChI is InChI=1S/C22H25ClN2O4/c1-24(21(28)16-10-11-20(27)25(15-16)13-14-29-2)22(12-6-5-9-19(22)26)17-7-3-4-8-18(17)23/h3-4,7-8,10-11,15H,5-6,9,12-14H2,1-2H3. The minimum atomic E-state index is -1.11. The maximum absolute atomic E-state index is 13.4. The van der Waals surface area contributed by atoms with Gasteiger partial charge >= 0.3 is 0 Å². The number of amides is 1. The maximum atomic E-state index is 13.4. The first-order chi connectivity index (χ1) is 13.9. The number of likely N-dealkylation sites (N-methyl/N-ethyl adjacent to an activating group) is 1. The molecule has 0 spiro atoms. The third-order valence-electron chi connectivity index (χ3n) is 5.62. The van der Waals surface area contributed by atoms with Crippen LogP contribution in [-0.2, 0) is 21.6 Å². The van der Waals surface area contributed by atoms with Gasteiger partial charge in [-0.25, -0.2) is 0 Å². The lowest BCUT2D eigenvalue weighted by Crippen LogP contribution is -2.54. The van der Waals surface area contributed by atoms with Crippen molar-refractivity contribution in [3.63, 3.8) is 0 Å². The van der Waals surface area contributed by atoms with Crippen molar-refractivity contribution in [2.45, 2.75) is 37.8 Å². The fourth-order valence-corrected chi connectivity index (χ4v) is 4.31. The topological polar surface area (TPSA) is 68.6 Å². The monoisotopic (exact) mass is 416 g/mol. The Morgan fingerprint density at radius 2 is 1.97 bits per heavy atom. The van der Waals surface area contributed by atoms with Gasteiger partial charge in [-0.15, -0.1) is 0 Å². The van der Waals surface area contributed by atoms with Crippen LogP contribution in [0.3, 0.4) is 0 Å². The molecule has 1 aromatic heterocycles. The summed E-state index contributed by atoms with van der Waals surface area (Å²) in [6.45, 7) is 0.699. The molecular weight excluding hydrogens is 392 g/mol. The van der Waals surface area contributed by atoms with E-state index in [0.29, 0.717) is 42.1 Å². The molecule has 1 saturated carbocycles. The number of rotatable bonds is 6. The molecule has 0 bridgehead atoms. The van der Waals surface area contributed by atoms with Gasteiger partial charge in [0, 0.05) is 50.0 Å². The SMILES string of the molecule is COCCn1cc(C(=O)N(C)C2(c3ccccc3Cl)CCCCC2=O)ccc1=O. The molecule has 6 nitrogen and oxygen atoms in total. The van der Waals surface area contributed by atoms with Gasteiger partial charge < -0.3 is 14.2 Å². The summed E-state index contributed by atoms with van der Waals surface area (Å²) in [5, 5.41) is 0.465. The van der Waals surface area contributed by atoms with Crippen molar-refractivity contribution >= 4 is 23.3 Å². The first-order valence-electron chi connectivity index (χ1n) is 9.67. The molecule has 3 rings (SSSR count). The van der Waals surface area contributed by atoms with Crippen LogP contribution in [0.2, 0.25) is 5.02 Å². The molecule has 154 valence electrons. The van der Waals surface area contributed by atoms with E-state index in [0.717, 1.165) is 12.8 Å². The molecule has 1 aliphatic carbocycles. The zero-order valence-corrected chi connectivity index (χ0v) is 17.4. The molecule has 2 aromatic rings. The maximum Gasteiger partial charge on any atom is 0.256 e. The van der Waals surface area contributed by atoms with E-state index in [-0.39, 0.29) is 17.2 Å². The summed E-state index contributed by atoms with van der Waals surface area (Å²) < 4.78 is 6.47. The Morgan fingerprint density at radius 1 is 1.21 bits per heavy atom. The minimum absolute atomic E-state index is 0.0135. The first-order valence-corrected chi connectivity index (χ1v) is 10.1. The molecule has 0 saturated heterocycles. The van der Waals surface area contributed by atoms with Gasteiger partial charge in [-0.3, -0.25) is 14.4 Å². The van der Waals surface area contributed by atoms with Crippen LogP contribution in [0, 0.1) is 0 Å². The van der Waals surface area contributed by atoms with Crippen LogP contribution in [0.15, 0.2) is 47.4 Å². The van der Waals surface area contributed by atoms with Crippen LogP contribution in [-0.4, -0.2) is 41.9 Å². The molecule has 0 radical (unpaired) electrons. The number of methoxy groups -OCH3 is 1. The second kappa shape index (κ2) is 8.93. The van der Waals surface area contributed by atoms with E-state index in [1.807, 2.05) is 12.1 Å². The number of nitrogens with zero attached hydrogens (tertiary/aromatic N) is 2. The van der Waals surface area contributed by atoms with E-state index in [4.69, 9.17) is 16.3 Å². The zero-order valence-electron chi connectivity index (χ0n) is 16.7. The highest BCUT2D eigenvalue weighted by Crippen LogP contribution is 2.42. The van der Waals surface area contributed by atoms with Crippen molar-refractivity contribution in [2.75, 3.05) is 20.8 Å². The number of halogens is 1. The number of carbonyl (C=O) groups is 2. The third-order valence-corrected chi connectivity index (χ3v) is 5.95. The lowest BCUT2D eigenvalue weighted by Gasteiger charge is -2.44. The first kappa shape index (κ1) is 21.3. The lowest BCUT2D eigenvalue weighted by molar-refractivity contribution is -0.132. The molecular formula is C22H25ClN2O4. The van der Waals surface area contributed by atoms with Crippen LogP contribution in [0.25, 0.3) is 0 Å². The van der Waals surface area contributed by atoms with Gasteiger partial charge in [-0.1, -0.05) is 29.8 Å². The molecule has 7 heteroatoms. The number of ketones is 1. The molecule has 1 amide bonds. The molecule has 1 aliphatic rings. The third kappa shape index (κ3) is 4.00. The van der Waals surface area contributed by atoms with Crippen molar-refractivity contribution in [3.05, 3.63) is 69.1 Å². The Morgan fingerprint density at radius 3 is 2.66 bits per heavy atom. The average molecular weight is 417 g/mol. The fourth-order valence-electron chi connectivity index (χ4n) is 4.02. The second-order valence-electron chi connectivity index (χ2n) is 7.28. The average Bonchev–Trinajstić information content (AvgIpc) is 2.73. The smallest absolute Gasteiger partial charge is 0.256 e. The van der Waals surface area contributed by atoms with Gasteiger partial charge in [-0.2, -0.15) is 0 Å². The molecule has 1 heterocycles. The number of hydrogen-bond acceptors (Lipinski definition) is 4. The molecule has 1 atom stereocenters. The molecule has 1 aromatic carbocycles. The van der Waals surface area contributed by atoms with Crippen molar-refractivity contribution in [1.29, 1.82) is 0 Å². The Kier molecular flexibility index (Phi) is 6.55. The number of Topliss-reactive ketones (excluding diaryl/α,β-unsaturated/α-hetero) is 1. The molecule has 1 unspecified atom stereocenters. The van der Waals surface area contributed by atoms with Crippen molar-refractivity contribution in [1.82, 2.24) is 9.47 Å². The van der Waals surface area contributed by atoms with Crippen LogP contribution < -0.4 is 5.56 Å². The summed E-state index contributed by atoms with van der Waals surface area (Å²) in [6, 6.07) is 10.0. The van der Waals surface area contributed by atoms with E-state index in [9.17, 15) is 14.4 Å². The summed E-state index contributed by atoms with van der Waals surface area (Å²) in [4.78, 5) is 40.1.